The third-order valence-electron chi connectivity index (χ3n) is 3.91. The number of carbonyl (C=O) groups excluding carboxylic acids is 1. The summed E-state index contributed by atoms with van der Waals surface area (Å²) in [6.45, 7) is 1.28. The van der Waals surface area contributed by atoms with E-state index in [1.807, 2.05) is 12.1 Å². The molecular weight excluding hydrogens is 324 g/mol. The summed E-state index contributed by atoms with van der Waals surface area (Å²) in [5, 5.41) is 0.661. The zero-order chi connectivity index (χ0) is 16.3. The predicted molar refractivity (Wildman–Crippen MR) is 87.1 cm³/mol. The lowest BCUT2D eigenvalue weighted by Gasteiger charge is -2.32. The number of carbonyl (C=O) groups is 1. The Morgan fingerprint density at radius 2 is 2.00 bits per heavy atom. The molecule has 1 aliphatic heterocycles. The first kappa shape index (κ1) is 17.2. The van der Waals surface area contributed by atoms with Gasteiger partial charge in [0.25, 0.3) is 0 Å². The van der Waals surface area contributed by atoms with Crippen LogP contribution in [0.25, 0.3) is 0 Å². The Balaban J connectivity index is 1.99. The summed E-state index contributed by atoms with van der Waals surface area (Å²) in [6, 6.07) is 7.36. The van der Waals surface area contributed by atoms with Crippen molar-refractivity contribution in [1.29, 1.82) is 0 Å². The zero-order valence-corrected chi connectivity index (χ0v) is 14.4. The number of rotatable bonds is 4. The van der Waals surface area contributed by atoms with Crippen molar-refractivity contribution in [3.8, 4) is 0 Å². The Morgan fingerprint density at radius 1 is 1.36 bits per heavy atom. The Morgan fingerprint density at radius 3 is 2.59 bits per heavy atom. The van der Waals surface area contributed by atoms with Gasteiger partial charge in [0.15, 0.2) is 0 Å². The Labute approximate surface area is 136 Å². The van der Waals surface area contributed by atoms with E-state index >= 15 is 0 Å². The van der Waals surface area contributed by atoms with Crippen molar-refractivity contribution in [2.75, 3.05) is 26.4 Å². The van der Waals surface area contributed by atoms with E-state index in [2.05, 4.69) is 0 Å². The number of halogens is 1. The van der Waals surface area contributed by atoms with Crippen molar-refractivity contribution < 1.29 is 13.2 Å². The fraction of sp³-hybridized carbons (Fsp3) is 0.533. The van der Waals surface area contributed by atoms with Crippen LogP contribution in [0.3, 0.4) is 0 Å². The molecule has 1 aliphatic rings. The first-order valence-corrected chi connectivity index (χ1v) is 9.44. The fourth-order valence-electron chi connectivity index (χ4n) is 2.70. The molecule has 0 spiro atoms. The highest BCUT2D eigenvalue weighted by molar-refractivity contribution is 7.88. The molecule has 0 aromatic heterocycles. The highest BCUT2D eigenvalue weighted by atomic mass is 35.5. The summed E-state index contributed by atoms with van der Waals surface area (Å²) in [6.07, 6.45) is 2.64. The molecule has 1 amide bonds. The molecule has 5 nitrogen and oxygen atoms in total. The number of piperidine rings is 1. The second kappa shape index (κ2) is 6.98. The molecule has 1 saturated heterocycles. The Bertz CT molecular complexity index is 631. The topological polar surface area (TPSA) is 57.7 Å². The van der Waals surface area contributed by atoms with Crippen molar-refractivity contribution in [2.45, 2.75) is 19.4 Å². The molecule has 0 N–H and O–H groups in total. The maximum absolute atomic E-state index is 12.5. The van der Waals surface area contributed by atoms with Crippen LogP contribution in [0.4, 0.5) is 0 Å². The molecule has 0 unspecified atom stereocenters. The maximum atomic E-state index is 12.5. The number of sulfonamides is 1. The van der Waals surface area contributed by atoms with E-state index in [0.29, 0.717) is 18.1 Å². The van der Waals surface area contributed by atoms with E-state index in [1.165, 1.54) is 10.6 Å². The van der Waals surface area contributed by atoms with Crippen LogP contribution in [0.15, 0.2) is 24.3 Å². The molecule has 7 heteroatoms. The van der Waals surface area contributed by atoms with Gasteiger partial charge in [0, 0.05) is 31.7 Å². The summed E-state index contributed by atoms with van der Waals surface area (Å²) < 4.78 is 24.7. The van der Waals surface area contributed by atoms with Gasteiger partial charge in [-0.15, -0.1) is 0 Å². The number of nitrogens with zero attached hydrogens (tertiary/aromatic N) is 2. The standard InChI is InChI=1S/C15H21ClN2O3S/c1-17(10-12-5-7-14(16)8-6-12)15(19)13-4-3-9-18(11-13)22(2,20)21/h5-8,13H,3-4,9-11H2,1-2H3/t13-/m1/s1. The van der Waals surface area contributed by atoms with Crippen LogP contribution < -0.4 is 0 Å². The van der Waals surface area contributed by atoms with Gasteiger partial charge in [0.2, 0.25) is 15.9 Å². The van der Waals surface area contributed by atoms with Crippen LogP contribution in [0.1, 0.15) is 18.4 Å². The van der Waals surface area contributed by atoms with E-state index in [0.717, 1.165) is 18.4 Å². The zero-order valence-electron chi connectivity index (χ0n) is 12.8. The largest absolute Gasteiger partial charge is 0.341 e. The van der Waals surface area contributed by atoms with Crippen LogP contribution in [0.5, 0.6) is 0 Å². The minimum absolute atomic E-state index is 0.0108. The number of hydrogen-bond acceptors (Lipinski definition) is 3. The smallest absolute Gasteiger partial charge is 0.227 e. The Kier molecular flexibility index (Phi) is 5.47. The molecule has 0 radical (unpaired) electrons. The van der Waals surface area contributed by atoms with E-state index < -0.39 is 10.0 Å². The average molecular weight is 345 g/mol. The molecule has 1 heterocycles. The van der Waals surface area contributed by atoms with Gasteiger partial charge >= 0.3 is 0 Å². The molecule has 122 valence electrons. The van der Waals surface area contributed by atoms with Gasteiger partial charge in [0.05, 0.1) is 12.2 Å². The van der Waals surface area contributed by atoms with Gasteiger partial charge in [-0.2, -0.15) is 0 Å². The van der Waals surface area contributed by atoms with E-state index in [9.17, 15) is 13.2 Å². The van der Waals surface area contributed by atoms with Gasteiger partial charge in [-0.3, -0.25) is 4.79 Å². The summed E-state index contributed by atoms with van der Waals surface area (Å²) in [5.74, 6) is -0.274. The highest BCUT2D eigenvalue weighted by Crippen LogP contribution is 2.21. The SMILES string of the molecule is CN(Cc1ccc(Cl)cc1)C(=O)[C@@H]1CCCN(S(C)(=O)=O)C1. The van der Waals surface area contributed by atoms with E-state index in [1.54, 1.807) is 24.1 Å². The number of amides is 1. The second-order valence-electron chi connectivity index (χ2n) is 5.78. The molecule has 22 heavy (non-hydrogen) atoms. The fourth-order valence-corrected chi connectivity index (χ4v) is 3.74. The van der Waals surface area contributed by atoms with Crippen molar-refractivity contribution >= 4 is 27.5 Å². The molecule has 0 aliphatic carbocycles. The normalized spacial score (nSPS) is 19.9. The van der Waals surface area contributed by atoms with Crippen molar-refractivity contribution in [3.05, 3.63) is 34.9 Å². The third kappa shape index (κ3) is 4.44. The lowest BCUT2D eigenvalue weighted by molar-refractivity contribution is -0.135. The van der Waals surface area contributed by atoms with Crippen LogP contribution >= 0.6 is 11.6 Å². The van der Waals surface area contributed by atoms with E-state index in [4.69, 9.17) is 11.6 Å². The van der Waals surface area contributed by atoms with Gasteiger partial charge in [0.1, 0.15) is 0 Å². The minimum Gasteiger partial charge on any atom is -0.341 e. The predicted octanol–water partition coefficient (Wildman–Crippen LogP) is 1.97. The molecule has 1 atom stereocenters. The van der Waals surface area contributed by atoms with Gasteiger partial charge < -0.3 is 4.90 Å². The molecule has 1 aromatic rings. The van der Waals surface area contributed by atoms with Gasteiger partial charge in [-0.25, -0.2) is 12.7 Å². The molecule has 0 bridgehead atoms. The maximum Gasteiger partial charge on any atom is 0.227 e. The van der Waals surface area contributed by atoms with E-state index in [-0.39, 0.29) is 18.4 Å². The Hall–Kier alpha value is -1.11. The first-order valence-electron chi connectivity index (χ1n) is 7.22. The summed E-state index contributed by atoms with van der Waals surface area (Å²) in [4.78, 5) is 14.2. The van der Waals surface area contributed by atoms with Crippen LogP contribution in [0, 0.1) is 5.92 Å². The van der Waals surface area contributed by atoms with Crippen molar-refractivity contribution in [2.24, 2.45) is 5.92 Å². The summed E-state index contributed by atoms with van der Waals surface area (Å²) in [5.41, 5.74) is 0.996. The molecular formula is C15H21ClN2O3S. The third-order valence-corrected chi connectivity index (χ3v) is 5.43. The molecule has 1 fully saturated rings. The average Bonchev–Trinajstić information content (AvgIpc) is 2.48. The van der Waals surface area contributed by atoms with Crippen LogP contribution in [-0.2, 0) is 21.4 Å². The minimum atomic E-state index is -3.23. The summed E-state index contributed by atoms with van der Waals surface area (Å²) in [7, 11) is -1.49. The lowest BCUT2D eigenvalue weighted by Crippen LogP contribution is -2.45. The van der Waals surface area contributed by atoms with Gasteiger partial charge in [-0.1, -0.05) is 23.7 Å². The summed E-state index contributed by atoms with van der Waals surface area (Å²) >= 11 is 5.85. The van der Waals surface area contributed by atoms with Crippen LogP contribution in [0.2, 0.25) is 5.02 Å². The molecule has 2 rings (SSSR count). The molecule has 1 aromatic carbocycles. The lowest BCUT2D eigenvalue weighted by atomic mass is 9.98. The highest BCUT2D eigenvalue weighted by Gasteiger charge is 2.31. The number of benzene rings is 1. The van der Waals surface area contributed by atoms with Crippen molar-refractivity contribution in [3.63, 3.8) is 0 Å². The second-order valence-corrected chi connectivity index (χ2v) is 8.20. The monoisotopic (exact) mass is 344 g/mol. The van der Waals surface area contributed by atoms with Crippen LogP contribution in [-0.4, -0.2) is 49.9 Å². The number of hydrogen-bond donors (Lipinski definition) is 0. The first-order chi connectivity index (χ1) is 10.3. The molecule has 0 saturated carbocycles. The van der Waals surface area contributed by atoms with Crippen molar-refractivity contribution in [1.82, 2.24) is 9.21 Å². The van der Waals surface area contributed by atoms with Gasteiger partial charge in [-0.05, 0) is 30.5 Å². The quantitative estimate of drug-likeness (QED) is 0.839.